The van der Waals surface area contributed by atoms with Gasteiger partial charge in [-0.25, -0.2) is 0 Å². The van der Waals surface area contributed by atoms with Crippen LogP contribution in [-0.2, 0) is 15.1 Å². The first-order chi connectivity index (χ1) is 6.13. The van der Waals surface area contributed by atoms with Crippen LogP contribution in [0.5, 0.6) is 0 Å². The first kappa shape index (κ1) is 8.04. The van der Waals surface area contributed by atoms with Crippen LogP contribution < -0.4 is 5.32 Å². The number of nitrogens with zero attached hydrogens (tertiary/aromatic N) is 1. The fourth-order valence-electron chi connectivity index (χ4n) is 1.57. The highest BCUT2D eigenvalue weighted by molar-refractivity contribution is 6.06. The molecular formula is C9H10N2O2. The molecule has 1 aliphatic heterocycles. The molecule has 1 aliphatic rings. The fourth-order valence-corrected chi connectivity index (χ4v) is 1.57. The Morgan fingerprint density at radius 3 is 2.46 bits per heavy atom. The number of hydrogen-bond acceptors (Lipinski definition) is 2. The smallest absolute Gasteiger partial charge is 0.253 e. The van der Waals surface area contributed by atoms with Crippen molar-refractivity contribution < 1.29 is 9.59 Å². The normalized spacial score (nSPS) is 27.8. The maximum Gasteiger partial charge on any atom is 0.253 e. The molecule has 13 heavy (non-hydrogen) atoms. The average Bonchev–Trinajstić information content (AvgIpc) is 2.61. The summed E-state index contributed by atoms with van der Waals surface area (Å²) in [6.45, 7) is 1.76. The van der Waals surface area contributed by atoms with E-state index in [0.717, 1.165) is 0 Å². The second kappa shape index (κ2) is 2.45. The topological polar surface area (TPSA) is 51.1 Å². The summed E-state index contributed by atoms with van der Waals surface area (Å²) >= 11 is 0. The largest absolute Gasteiger partial charge is 0.339 e. The summed E-state index contributed by atoms with van der Waals surface area (Å²) in [7, 11) is 0. The molecule has 0 spiro atoms. The third-order valence-corrected chi connectivity index (χ3v) is 2.42. The monoisotopic (exact) mass is 178 g/mol. The van der Waals surface area contributed by atoms with Crippen molar-refractivity contribution in [1.82, 2.24) is 9.88 Å². The van der Waals surface area contributed by atoms with Crippen LogP contribution in [-0.4, -0.2) is 16.4 Å². The van der Waals surface area contributed by atoms with Crippen molar-refractivity contribution in [2.75, 3.05) is 0 Å². The minimum Gasteiger partial charge on any atom is -0.339 e. The Morgan fingerprint density at radius 1 is 1.38 bits per heavy atom. The lowest BCUT2D eigenvalue weighted by molar-refractivity contribution is -0.127. The van der Waals surface area contributed by atoms with Crippen molar-refractivity contribution in [3.8, 4) is 0 Å². The zero-order valence-corrected chi connectivity index (χ0v) is 7.28. The fraction of sp³-hybridized carbons (Fsp3) is 0.333. The van der Waals surface area contributed by atoms with Gasteiger partial charge in [0.15, 0.2) is 0 Å². The average molecular weight is 178 g/mol. The summed E-state index contributed by atoms with van der Waals surface area (Å²) in [4.78, 5) is 22.5. The quantitative estimate of drug-likeness (QED) is 0.627. The van der Waals surface area contributed by atoms with Crippen LogP contribution in [0.1, 0.15) is 13.3 Å². The van der Waals surface area contributed by atoms with Gasteiger partial charge in [-0.15, -0.1) is 0 Å². The SMILES string of the molecule is CC1(n2cccc2)CC(=O)NC1=O. The van der Waals surface area contributed by atoms with Gasteiger partial charge < -0.3 is 4.57 Å². The van der Waals surface area contributed by atoms with E-state index in [1.807, 2.05) is 12.1 Å². The summed E-state index contributed by atoms with van der Waals surface area (Å²) in [5.74, 6) is -0.435. The Labute approximate surface area is 75.5 Å². The third kappa shape index (κ3) is 1.06. The number of carbonyl (C=O) groups is 2. The Bertz CT molecular complexity index is 356. The molecule has 2 rings (SSSR count). The molecule has 1 aromatic rings. The lowest BCUT2D eigenvalue weighted by Crippen LogP contribution is -2.37. The summed E-state index contributed by atoms with van der Waals surface area (Å²) < 4.78 is 1.76. The van der Waals surface area contributed by atoms with E-state index >= 15 is 0 Å². The van der Waals surface area contributed by atoms with Gasteiger partial charge in [-0.3, -0.25) is 14.9 Å². The molecule has 1 saturated heterocycles. The van der Waals surface area contributed by atoms with Gasteiger partial charge in [-0.05, 0) is 19.1 Å². The van der Waals surface area contributed by atoms with E-state index in [1.54, 1.807) is 23.9 Å². The van der Waals surface area contributed by atoms with Gasteiger partial charge in [-0.2, -0.15) is 0 Å². The van der Waals surface area contributed by atoms with Gasteiger partial charge in [0.2, 0.25) is 5.91 Å². The van der Waals surface area contributed by atoms with E-state index in [-0.39, 0.29) is 18.2 Å². The Kier molecular flexibility index (Phi) is 1.52. The summed E-state index contributed by atoms with van der Waals surface area (Å²) in [6.07, 6.45) is 3.80. The summed E-state index contributed by atoms with van der Waals surface area (Å²) in [5.41, 5.74) is -0.736. The highest BCUT2D eigenvalue weighted by Crippen LogP contribution is 2.25. The highest BCUT2D eigenvalue weighted by atomic mass is 16.2. The van der Waals surface area contributed by atoms with E-state index in [9.17, 15) is 9.59 Å². The molecule has 2 amide bonds. The molecule has 2 heterocycles. The minimum atomic E-state index is -0.736. The van der Waals surface area contributed by atoms with Crippen molar-refractivity contribution >= 4 is 11.8 Å². The molecule has 0 aliphatic carbocycles. The molecule has 0 radical (unpaired) electrons. The minimum absolute atomic E-state index is 0.207. The van der Waals surface area contributed by atoms with Crippen LogP contribution in [0.2, 0.25) is 0 Å². The number of hydrogen-bond donors (Lipinski definition) is 1. The number of imide groups is 1. The Hall–Kier alpha value is -1.58. The molecule has 1 N–H and O–H groups in total. The number of carbonyl (C=O) groups excluding carboxylic acids is 2. The predicted octanol–water partition coefficient (Wildman–Crippen LogP) is 0.250. The third-order valence-electron chi connectivity index (χ3n) is 2.42. The lowest BCUT2D eigenvalue weighted by Gasteiger charge is -2.21. The molecule has 1 aromatic heterocycles. The first-order valence-corrected chi connectivity index (χ1v) is 4.11. The van der Waals surface area contributed by atoms with Gasteiger partial charge in [0.1, 0.15) is 5.54 Å². The van der Waals surface area contributed by atoms with Crippen LogP contribution in [0, 0.1) is 0 Å². The van der Waals surface area contributed by atoms with Crippen LogP contribution in [0.25, 0.3) is 0 Å². The van der Waals surface area contributed by atoms with E-state index < -0.39 is 5.54 Å². The second-order valence-electron chi connectivity index (χ2n) is 3.42. The molecule has 0 bridgehead atoms. The number of nitrogens with one attached hydrogen (secondary N) is 1. The molecule has 1 fully saturated rings. The number of rotatable bonds is 1. The second-order valence-corrected chi connectivity index (χ2v) is 3.42. The van der Waals surface area contributed by atoms with Crippen molar-refractivity contribution in [2.24, 2.45) is 0 Å². The van der Waals surface area contributed by atoms with Crippen molar-refractivity contribution in [1.29, 1.82) is 0 Å². The summed E-state index contributed by atoms with van der Waals surface area (Å²) in [5, 5.41) is 2.30. The van der Waals surface area contributed by atoms with Crippen LogP contribution in [0.4, 0.5) is 0 Å². The maximum absolute atomic E-state index is 11.5. The molecule has 68 valence electrons. The van der Waals surface area contributed by atoms with E-state index in [0.29, 0.717) is 0 Å². The molecule has 0 saturated carbocycles. The number of aromatic nitrogens is 1. The molecule has 1 unspecified atom stereocenters. The molecule has 0 aromatic carbocycles. The van der Waals surface area contributed by atoms with Gasteiger partial charge in [0.25, 0.3) is 5.91 Å². The lowest BCUT2D eigenvalue weighted by atomic mass is 10.0. The molecule has 4 nitrogen and oxygen atoms in total. The highest BCUT2D eigenvalue weighted by Gasteiger charge is 2.43. The Morgan fingerprint density at radius 2 is 2.00 bits per heavy atom. The summed E-state index contributed by atoms with van der Waals surface area (Å²) in [6, 6.07) is 3.67. The zero-order valence-electron chi connectivity index (χ0n) is 7.28. The first-order valence-electron chi connectivity index (χ1n) is 4.11. The van der Waals surface area contributed by atoms with Crippen LogP contribution in [0.15, 0.2) is 24.5 Å². The molecule has 4 heteroatoms. The van der Waals surface area contributed by atoms with Gasteiger partial charge in [-0.1, -0.05) is 0 Å². The maximum atomic E-state index is 11.5. The van der Waals surface area contributed by atoms with E-state index in [1.165, 1.54) is 0 Å². The molecular weight excluding hydrogens is 168 g/mol. The van der Waals surface area contributed by atoms with Crippen LogP contribution >= 0.6 is 0 Å². The van der Waals surface area contributed by atoms with Crippen molar-refractivity contribution in [3.63, 3.8) is 0 Å². The van der Waals surface area contributed by atoms with E-state index in [2.05, 4.69) is 5.32 Å². The van der Waals surface area contributed by atoms with Crippen LogP contribution in [0.3, 0.4) is 0 Å². The predicted molar refractivity (Wildman–Crippen MR) is 45.8 cm³/mol. The van der Waals surface area contributed by atoms with Crippen molar-refractivity contribution in [3.05, 3.63) is 24.5 Å². The molecule has 1 atom stereocenters. The van der Waals surface area contributed by atoms with E-state index in [4.69, 9.17) is 0 Å². The number of amides is 2. The van der Waals surface area contributed by atoms with Crippen molar-refractivity contribution in [2.45, 2.75) is 18.9 Å². The van der Waals surface area contributed by atoms with Gasteiger partial charge >= 0.3 is 0 Å². The van der Waals surface area contributed by atoms with Gasteiger partial charge in [0.05, 0.1) is 6.42 Å². The van der Waals surface area contributed by atoms with Gasteiger partial charge in [0, 0.05) is 12.4 Å². The standard InChI is InChI=1S/C9H10N2O2/c1-9(11-4-2-3-5-11)6-7(12)10-8(9)13/h2-5H,6H2,1H3,(H,10,12,13). The Balaban J connectivity index is 2.42. The zero-order chi connectivity index (χ0) is 9.47.